The van der Waals surface area contributed by atoms with Crippen LogP contribution in [0.15, 0.2) is 35.7 Å². The van der Waals surface area contributed by atoms with Gasteiger partial charge in [0.05, 0.1) is 12.2 Å². The van der Waals surface area contributed by atoms with Crippen LogP contribution in [-0.4, -0.2) is 42.9 Å². The van der Waals surface area contributed by atoms with Crippen LogP contribution in [0.4, 0.5) is 5.00 Å². The van der Waals surface area contributed by atoms with Crippen molar-refractivity contribution in [1.82, 2.24) is 5.32 Å². The van der Waals surface area contributed by atoms with E-state index in [2.05, 4.69) is 17.6 Å². The first kappa shape index (κ1) is 23.9. The number of unbranched alkanes of at least 4 members (excludes halogenated alkanes) is 1. The molecule has 4 N–H and O–H groups in total. The number of nitrogens with one attached hydrogen (secondary N) is 2. The van der Waals surface area contributed by atoms with E-state index in [1.807, 2.05) is 0 Å². The maximum absolute atomic E-state index is 12.2. The van der Waals surface area contributed by atoms with Gasteiger partial charge in [-0.3, -0.25) is 19.2 Å². The number of rotatable bonds is 11. The summed E-state index contributed by atoms with van der Waals surface area (Å²) < 4.78 is 10.6. The van der Waals surface area contributed by atoms with Gasteiger partial charge >= 0.3 is 5.97 Å². The molecule has 0 aliphatic heterocycles. The lowest BCUT2D eigenvalue weighted by atomic mass is 10.2. The zero-order valence-electron chi connectivity index (χ0n) is 17.3. The summed E-state index contributed by atoms with van der Waals surface area (Å²) in [5.74, 6) is -1.88. The van der Waals surface area contributed by atoms with Crippen LogP contribution in [0.3, 0.4) is 0 Å². The van der Waals surface area contributed by atoms with Crippen LogP contribution >= 0.6 is 11.3 Å². The van der Waals surface area contributed by atoms with Gasteiger partial charge in [0.2, 0.25) is 0 Å². The summed E-state index contributed by atoms with van der Waals surface area (Å²) in [4.78, 5) is 47.6. The van der Waals surface area contributed by atoms with Gasteiger partial charge in [0.1, 0.15) is 17.3 Å². The molecule has 0 spiro atoms. The molecule has 1 aromatic carbocycles. The van der Waals surface area contributed by atoms with Crippen molar-refractivity contribution in [3.8, 4) is 5.75 Å². The molecule has 2 aromatic rings. The Balaban J connectivity index is 1.78. The lowest BCUT2D eigenvalue weighted by molar-refractivity contribution is -0.152. The smallest absolute Gasteiger partial charge is 0.326 e. The van der Waals surface area contributed by atoms with E-state index in [4.69, 9.17) is 15.2 Å². The first-order chi connectivity index (χ1) is 14.8. The summed E-state index contributed by atoms with van der Waals surface area (Å²) in [6.45, 7) is 3.65. The highest BCUT2D eigenvalue weighted by Crippen LogP contribution is 2.23. The van der Waals surface area contributed by atoms with Crippen molar-refractivity contribution in [1.29, 1.82) is 0 Å². The number of carbonyl (C=O) groups is 4. The van der Waals surface area contributed by atoms with Crippen LogP contribution in [0, 0.1) is 0 Å². The van der Waals surface area contributed by atoms with Gasteiger partial charge in [0.25, 0.3) is 17.7 Å². The van der Waals surface area contributed by atoms with Gasteiger partial charge in [-0.25, -0.2) is 0 Å². The van der Waals surface area contributed by atoms with E-state index < -0.39 is 36.3 Å². The molecule has 1 aromatic heterocycles. The van der Waals surface area contributed by atoms with Crippen molar-refractivity contribution in [2.45, 2.75) is 32.8 Å². The highest BCUT2D eigenvalue weighted by atomic mass is 32.1. The largest absolute Gasteiger partial charge is 0.494 e. The number of esters is 1. The molecular weight excluding hydrogens is 422 g/mol. The standard InChI is InChI=1S/C21H25N3O6S/c1-3-4-10-29-15-7-5-14(6-8-15)20(28)23-12-17(25)30-13(2)19(27)24-21-16(18(22)26)9-11-31-21/h5-9,11,13H,3-4,10,12H2,1-2H3,(H2,22,26)(H,23,28)(H,24,27). The predicted molar refractivity (Wildman–Crippen MR) is 116 cm³/mol. The highest BCUT2D eigenvalue weighted by Gasteiger charge is 2.21. The second kappa shape index (κ2) is 11.7. The molecule has 1 heterocycles. The van der Waals surface area contributed by atoms with Gasteiger partial charge in [-0.2, -0.15) is 0 Å². The lowest BCUT2D eigenvalue weighted by Crippen LogP contribution is -2.36. The molecule has 166 valence electrons. The SMILES string of the molecule is CCCCOc1ccc(C(=O)NCC(=O)OC(C)C(=O)Nc2sccc2C(N)=O)cc1. The molecule has 0 radical (unpaired) electrons. The second-order valence-corrected chi connectivity index (χ2v) is 7.47. The van der Waals surface area contributed by atoms with E-state index in [0.717, 1.165) is 24.2 Å². The zero-order valence-corrected chi connectivity index (χ0v) is 18.1. The highest BCUT2D eigenvalue weighted by molar-refractivity contribution is 7.14. The number of primary amides is 1. The number of hydrogen-bond donors (Lipinski definition) is 3. The van der Waals surface area contributed by atoms with Crippen LogP contribution in [-0.2, 0) is 14.3 Å². The first-order valence-corrected chi connectivity index (χ1v) is 10.6. The molecule has 0 aliphatic rings. The maximum Gasteiger partial charge on any atom is 0.326 e. The fraction of sp³-hybridized carbons (Fsp3) is 0.333. The molecule has 9 nitrogen and oxygen atoms in total. The Hall–Kier alpha value is -3.40. The monoisotopic (exact) mass is 447 g/mol. The van der Waals surface area contributed by atoms with Crippen LogP contribution in [0.2, 0.25) is 0 Å². The Labute approximate surface area is 183 Å². The van der Waals surface area contributed by atoms with Gasteiger partial charge in [-0.1, -0.05) is 13.3 Å². The zero-order chi connectivity index (χ0) is 22.8. The number of hydrogen-bond acceptors (Lipinski definition) is 7. The van der Waals surface area contributed by atoms with Gasteiger partial charge in [0, 0.05) is 5.56 Å². The van der Waals surface area contributed by atoms with E-state index in [1.165, 1.54) is 13.0 Å². The van der Waals surface area contributed by atoms with E-state index in [0.29, 0.717) is 17.9 Å². The number of thiophene rings is 1. The lowest BCUT2D eigenvalue weighted by Gasteiger charge is -2.13. The molecular formula is C21H25N3O6S. The topological polar surface area (TPSA) is 137 Å². The molecule has 0 saturated heterocycles. The Morgan fingerprint density at radius 1 is 1.13 bits per heavy atom. The molecule has 31 heavy (non-hydrogen) atoms. The van der Waals surface area contributed by atoms with Crippen molar-refractivity contribution in [2.75, 3.05) is 18.5 Å². The molecule has 0 bridgehead atoms. The average molecular weight is 448 g/mol. The number of nitrogens with two attached hydrogens (primary N) is 1. The minimum absolute atomic E-state index is 0.172. The van der Waals surface area contributed by atoms with Crippen molar-refractivity contribution >= 4 is 40.0 Å². The normalized spacial score (nSPS) is 11.3. The van der Waals surface area contributed by atoms with Crippen LogP contribution < -0.4 is 21.1 Å². The Kier molecular flexibility index (Phi) is 9.01. The maximum atomic E-state index is 12.2. The van der Waals surface area contributed by atoms with Crippen LogP contribution in [0.1, 0.15) is 47.4 Å². The predicted octanol–water partition coefficient (Wildman–Crippen LogP) is 2.33. The van der Waals surface area contributed by atoms with Gasteiger partial charge in [-0.05, 0) is 49.1 Å². The Bertz CT molecular complexity index is 925. The Morgan fingerprint density at radius 3 is 2.48 bits per heavy atom. The molecule has 0 fully saturated rings. The third kappa shape index (κ3) is 7.41. The summed E-state index contributed by atoms with van der Waals surface area (Å²) >= 11 is 1.12. The molecule has 1 unspecified atom stereocenters. The third-order valence-electron chi connectivity index (χ3n) is 4.12. The molecule has 10 heteroatoms. The van der Waals surface area contributed by atoms with Crippen molar-refractivity contribution in [2.24, 2.45) is 5.73 Å². The number of benzene rings is 1. The van der Waals surface area contributed by atoms with E-state index >= 15 is 0 Å². The average Bonchev–Trinajstić information content (AvgIpc) is 3.21. The minimum atomic E-state index is -1.13. The first-order valence-electron chi connectivity index (χ1n) is 9.70. The van der Waals surface area contributed by atoms with Crippen LogP contribution in [0.25, 0.3) is 0 Å². The molecule has 2 rings (SSSR count). The van der Waals surface area contributed by atoms with E-state index in [9.17, 15) is 19.2 Å². The van der Waals surface area contributed by atoms with Gasteiger partial charge in [-0.15, -0.1) is 11.3 Å². The molecule has 3 amide bonds. The van der Waals surface area contributed by atoms with Crippen LogP contribution in [0.5, 0.6) is 5.75 Å². The number of carbonyl (C=O) groups excluding carboxylic acids is 4. The van der Waals surface area contributed by atoms with Gasteiger partial charge < -0.3 is 25.8 Å². The van der Waals surface area contributed by atoms with Crippen molar-refractivity contribution < 1.29 is 28.7 Å². The van der Waals surface area contributed by atoms with E-state index in [1.54, 1.807) is 29.6 Å². The second-order valence-electron chi connectivity index (χ2n) is 6.56. The molecule has 0 saturated carbocycles. The summed E-state index contributed by atoms with van der Waals surface area (Å²) in [6.07, 6.45) is 0.839. The molecule has 0 aliphatic carbocycles. The number of ether oxygens (including phenoxy) is 2. The minimum Gasteiger partial charge on any atom is -0.494 e. The van der Waals surface area contributed by atoms with Gasteiger partial charge in [0.15, 0.2) is 6.10 Å². The fourth-order valence-electron chi connectivity index (χ4n) is 2.40. The third-order valence-corrected chi connectivity index (χ3v) is 4.95. The van der Waals surface area contributed by atoms with E-state index in [-0.39, 0.29) is 10.6 Å². The summed E-state index contributed by atoms with van der Waals surface area (Å²) in [5.41, 5.74) is 5.76. The van der Waals surface area contributed by atoms with Crippen molar-refractivity contribution in [3.05, 3.63) is 46.8 Å². The number of amides is 3. The van der Waals surface area contributed by atoms with Crippen molar-refractivity contribution in [3.63, 3.8) is 0 Å². The number of anilines is 1. The quantitative estimate of drug-likeness (QED) is 0.357. The molecule has 1 atom stereocenters. The fourth-order valence-corrected chi connectivity index (χ4v) is 3.19. The summed E-state index contributed by atoms with van der Waals surface area (Å²) in [7, 11) is 0. The summed E-state index contributed by atoms with van der Waals surface area (Å²) in [6, 6.07) is 8.03. The Morgan fingerprint density at radius 2 is 1.84 bits per heavy atom. The summed E-state index contributed by atoms with van der Waals surface area (Å²) in [5, 5.41) is 6.81.